The number of amides is 1. The van der Waals surface area contributed by atoms with E-state index in [1.54, 1.807) is 6.92 Å². The zero-order valence-electron chi connectivity index (χ0n) is 14.9. The summed E-state index contributed by atoms with van der Waals surface area (Å²) in [5.74, 6) is 0.259. The van der Waals surface area contributed by atoms with E-state index < -0.39 is 0 Å². The number of Topliss-reactive ketones (excluding diaryl/α,β-unsaturated/α-hetero) is 1. The first-order valence-corrected chi connectivity index (χ1v) is 8.72. The smallest absolute Gasteiger partial charge is 0.227 e. The molecule has 2 aromatic rings. The number of anilines is 1. The summed E-state index contributed by atoms with van der Waals surface area (Å²) in [5, 5.41) is 0. The van der Waals surface area contributed by atoms with E-state index in [1.165, 1.54) is 5.56 Å². The van der Waals surface area contributed by atoms with Crippen molar-refractivity contribution >= 4 is 17.4 Å². The highest BCUT2D eigenvalue weighted by Crippen LogP contribution is 2.19. The molecule has 1 aliphatic rings. The number of carbonyl (C=O) groups is 2. The third-order valence-electron chi connectivity index (χ3n) is 4.73. The van der Waals surface area contributed by atoms with E-state index in [2.05, 4.69) is 4.90 Å². The van der Waals surface area contributed by atoms with Crippen LogP contribution in [0.2, 0.25) is 0 Å². The summed E-state index contributed by atoms with van der Waals surface area (Å²) in [4.78, 5) is 28.2. The molecule has 1 amide bonds. The van der Waals surface area contributed by atoms with E-state index in [9.17, 15) is 9.59 Å². The second-order valence-electron chi connectivity index (χ2n) is 6.64. The van der Waals surface area contributed by atoms with Crippen molar-refractivity contribution < 1.29 is 9.59 Å². The maximum absolute atomic E-state index is 12.5. The molecule has 0 aliphatic carbocycles. The maximum atomic E-state index is 12.5. The van der Waals surface area contributed by atoms with Crippen LogP contribution in [0.15, 0.2) is 48.5 Å². The van der Waals surface area contributed by atoms with Gasteiger partial charge in [-0.25, -0.2) is 0 Å². The summed E-state index contributed by atoms with van der Waals surface area (Å²) in [7, 11) is 0. The SMILES string of the molecule is CC(=O)c1cccc(N2CCN(C(=O)Cc3ccc(C)cc3)CC2)c1. The number of hydrogen-bond acceptors (Lipinski definition) is 3. The Morgan fingerprint density at radius 2 is 1.64 bits per heavy atom. The average molecular weight is 336 g/mol. The first kappa shape index (κ1) is 17.2. The van der Waals surface area contributed by atoms with E-state index in [-0.39, 0.29) is 11.7 Å². The molecule has 3 rings (SSSR count). The summed E-state index contributed by atoms with van der Waals surface area (Å²) in [6, 6.07) is 15.9. The number of hydrogen-bond donors (Lipinski definition) is 0. The first-order chi connectivity index (χ1) is 12.0. The molecule has 130 valence electrons. The van der Waals surface area contributed by atoms with Crippen LogP contribution in [0.1, 0.15) is 28.4 Å². The second kappa shape index (κ2) is 7.51. The predicted molar refractivity (Wildman–Crippen MR) is 100 cm³/mol. The van der Waals surface area contributed by atoms with Gasteiger partial charge in [0.15, 0.2) is 5.78 Å². The average Bonchev–Trinajstić information content (AvgIpc) is 2.64. The van der Waals surface area contributed by atoms with Crippen LogP contribution in [0.25, 0.3) is 0 Å². The minimum atomic E-state index is 0.0776. The zero-order chi connectivity index (χ0) is 17.8. The molecule has 0 bridgehead atoms. The van der Waals surface area contributed by atoms with E-state index in [0.29, 0.717) is 6.42 Å². The number of ketones is 1. The van der Waals surface area contributed by atoms with Gasteiger partial charge in [-0.05, 0) is 31.5 Å². The number of rotatable bonds is 4. The van der Waals surface area contributed by atoms with Crippen molar-refractivity contribution in [2.75, 3.05) is 31.1 Å². The largest absolute Gasteiger partial charge is 0.368 e. The Kier molecular flexibility index (Phi) is 5.17. The van der Waals surface area contributed by atoms with E-state index in [0.717, 1.165) is 43.0 Å². The summed E-state index contributed by atoms with van der Waals surface area (Å²) >= 11 is 0. The summed E-state index contributed by atoms with van der Waals surface area (Å²) in [5.41, 5.74) is 4.05. The predicted octanol–water partition coefficient (Wildman–Crippen LogP) is 3.09. The monoisotopic (exact) mass is 336 g/mol. The van der Waals surface area contributed by atoms with Crippen LogP contribution in [0.4, 0.5) is 5.69 Å². The molecule has 1 saturated heterocycles. The third-order valence-corrected chi connectivity index (χ3v) is 4.73. The minimum absolute atomic E-state index is 0.0776. The third kappa shape index (κ3) is 4.27. The molecule has 4 heteroatoms. The van der Waals surface area contributed by atoms with E-state index >= 15 is 0 Å². The van der Waals surface area contributed by atoms with Crippen LogP contribution in [0.5, 0.6) is 0 Å². The molecule has 4 nitrogen and oxygen atoms in total. The number of nitrogens with zero attached hydrogens (tertiary/aromatic N) is 2. The molecule has 0 N–H and O–H groups in total. The quantitative estimate of drug-likeness (QED) is 0.806. The molecular weight excluding hydrogens is 312 g/mol. The molecule has 0 saturated carbocycles. The lowest BCUT2D eigenvalue weighted by molar-refractivity contribution is -0.130. The molecule has 1 aliphatic heterocycles. The van der Waals surface area contributed by atoms with Gasteiger partial charge in [0.25, 0.3) is 0 Å². The van der Waals surface area contributed by atoms with Crippen molar-refractivity contribution in [2.45, 2.75) is 20.3 Å². The molecule has 1 fully saturated rings. The van der Waals surface area contributed by atoms with Gasteiger partial charge in [-0.3, -0.25) is 9.59 Å². The Hall–Kier alpha value is -2.62. The molecule has 1 heterocycles. The summed E-state index contributed by atoms with van der Waals surface area (Å²) in [6.45, 7) is 6.65. The molecule has 0 atom stereocenters. The van der Waals surface area contributed by atoms with Gasteiger partial charge in [-0.15, -0.1) is 0 Å². The molecular formula is C21H24N2O2. The fraction of sp³-hybridized carbons (Fsp3) is 0.333. The first-order valence-electron chi connectivity index (χ1n) is 8.72. The standard InChI is InChI=1S/C21H24N2O2/c1-16-6-8-18(9-7-16)14-21(25)23-12-10-22(11-13-23)20-5-3-4-19(15-20)17(2)24/h3-9,15H,10-14H2,1-2H3. The Morgan fingerprint density at radius 3 is 2.28 bits per heavy atom. The maximum Gasteiger partial charge on any atom is 0.227 e. The van der Waals surface area contributed by atoms with Crippen molar-refractivity contribution in [3.05, 3.63) is 65.2 Å². The summed E-state index contributed by atoms with van der Waals surface area (Å²) < 4.78 is 0. The van der Waals surface area contributed by atoms with Crippen molar-refractivity contribution in [1.82, 2.24) is 4.90 Å². The highest BCUT2D eigenvalue weighted by atomic mass is 16.2. The fourth-order valence-electron chi connectivity index (χ4n) is 3.13. The van der Waals surface area contributed by atoms with Gasteiger partial charge in [0.1, 0.15) is 0 Å². The molecule has 0 radical (unpaired) electrons. The van der Waals surface area contributed by atoms with Crippen molar-refractivity contribution in [2.24, 2.45) is 0 Å². The van der Waals surface area contributed by atoms with Gasteiger partial charge in [-0.1, -0.05) is 42.0 Å². The Bertz CT molecular complexity index is 760. The topological polar surface area (TPSA) is 40.6 Å². The number of piperazine rings is 1. The van der Waals surface area contributed by atoms with Gasteiger partial charge in [0.2, 0.25) is 5.91 Å². The van der Waals surface area contributed by atoms with Gasteiger partial charge >= 0.3 is 0 Å². The minimum Gasteiger partial charge on any atom is -0.368 e. The van der Waals surface area contributed by atoms with Crippen LogP contribution in [-0.4, -0.2) is 42.8 Å². The second-order valence-corrected chi connectivity index (χ2v) is 6.64. The molecule has 2 aromatic carbocycles. The van der Waals surface area contributed by atoms with E-state index in [4.69, 9.17) is 0 Å². The highest BCUT2D eigenvalue weighted by molar-refractivity contribution is 5.95. The summed E-state index contributed by atoms with van der Waals surface area (Å²) in [6.07, 6.45) is 0.458. The van der Waals surface area contributed by atoms with Crippen LogP contribution in [-0.2, 0) is 11.2 Å². The van der Waals surface area contributed by atoms with Crippen molar-refractivity contribution in [3.63, 3.8) is 0 Å². The van der Waals surface area contributed by atoms with Crippen LogP contribution in [0.3, 0.4) is 0 Å². The normalized spacial score (nSPS) is 14.5. The highest BCUT2D eigenvalue weighted by Gasteiger charge is 2.21. The van der Waals surface area contributed by atoms with Gasteiger partial charge in [0.05, 0.1) is 6.42 Å². The molecule has 25 heavy (non-hydrogen) atoms. The molecule has 0 aromatic heterocycles. The van der Waals surface area contributed by atoms with E-state index in [1.807, 2.05) is 60.4 Å². The van der Waals surface area contributed by atoms with Crippen molar-refractivity contribution in [3.8, 4) is 0 Å². The van der Waals surface area contributed by atoms with Crippen LogP contribution in [0, 0.1) is 6.92 Å². The van der Waals surface area contributed by atoms with Crippen molar-refractivity contribution in [1.29, 1.82) is 0 Å². The molecule has 0 unspecified atom stereocenters. The van der Waals surface area contributed by atoms with Gasteiger partial charge < -0.3 is 9.80 Å². The number of aryl methyl sites for hydroxylation is 1. The van der Waals surface area contributed by atoms with Gasteiger partial charge in [-0.2, -0.15) is 0 Å². The fourth-order valence-corrected chi connectivity index (χ4v) is 3.13. The molecule has 0 spiro atoms. The lowest BCUT2D eigenvalue weighted by Crippen LogP contribution is -2.49. The van der Waals surface area contributed by atoms with Crippen LogP contribution < -0.4 is 4.90 Å². The lowest BCUT2D eigenvalue weighted by Gasteiger charge is -2.36. The zero-order valence-corrected chi connectivity index (χ0v) is 14.9. The number of benzene rings is 2. The Balaban J connectivity index is 1.58. The number of carbonyl (C=O) groups excluding carboxylic acids is 2. The van der Waals surface area contributed by atoms with Gasteiger partial charge in [0, 0.05) is 37.4 Å². The lowest BCUT2D eigenvalue weighted by atomic mass is 10.1. The van der Waals surface area contributed by atoms with Crippen LogP contribution >= 0.6 is 0 Å². The Labute approximate surface area is 149 Å². The Morgan fingerprint density at radius 1 is 0.960 bits per heavy atom.